The molecule has 0 unspecified atom stereocenters. The van der Waals surface area contributed by atoms with Crippen LogP contribution in [0.1, 0.15) is 30.4 Å². The number of rotatable bonds is 5. The van der Waals surface area contributed by atoms with Gasteiger partial charge in [0.2, 0.25) is 5.91 Å². The number of aromatic nitrogens is 2. The summed E-state index contributed by atoms with van der Waals surface area (Å²) in [6.07, 6.45) is -3.53. The van der Waals surface area contributed by atoms with Crippen molar-refractivity contribution in [3.05, 3.63) is 35.4 Å². The number of carbonyl (C=O) groups is 1. The Hall–Kier alpha value is -2.82. The molecule has 0 saturated heterocycles. The largest absolute Gasteiger partial charge is 0.416 e. The molecule has 0 saturated carbocycles. The van der Waals surface area contributed by atoms with Crippen LogP contribution in [0.25, 0.3) is 11.3 Å². The van der Waals surface area contributed by atoms with E-state index in [1.807, 2.05) is 6.07 Å². The van der Waals surface area contributed by atoms with E-state index in [1.54, 1.807) is 6.92 Å². The SMILES string of the molecule is Cc1ccc(C(F)(F)F)cc1-c1cc(NC(=O)CCCC#N)n[nH]1. The number of nitrogens with one attached hydrogen (secondary N) is 2. The summed E-state index contributed by atoms with van der Waals surface area (Å²) in [6.45, 7) is 1.69. The summed E-state index contributed by atoms with van der Waals surface area (Å²) < 4.78 is 38.5. The summed E-state index contributed by atoms with van der Waals surface area (Å²) in [4.78, 5) is 11.7. The summed E-state index contributed by atoms with van der Waals surface area (Å²) >= 11 is 0. The number of halogens is 3. The molecule has 1 aromatic carbocycles. The number of hydrogen-bond donors (Lipinski definition) is 2. The predicted molar refractivity (Wildman–Crippen MR) is 81.9 cm³/mol. The van der Waals surface area contributed by atoms with E-state index in [0.717, 1.165) is 12.1 Å². The average Bonchev–Trinajstić information content (AvgIpc) is 2.95. The maximum atomic E-state index is 12.8. The smallest absolute Gasteiger partial charge is 0.309 e. The zero-order valence-electron chi connectivity index (χ0n) is 12.9. The van der Waals surface area contributed by atoms with Gasteiger partial charge in [-0.1, -0.05) is 6.07 Å². The van der Waals surface area contributed by atoms with Gasteiger partial charge in [0, 0.05) is 24.5 Å². The minimum absolute atomic E-state index is 0.179. The van der Waals surface area contributed by atoms with Crippen molar-refractivity contribution in [2.45, 2.75) is 32.4 Å². The molecule has 8 heteroatoms. The van der Waals surface area contributed by atoms with E-state index < -0.39 is 11.7 Å². The molecule has 2 aromatic rings. The first-order chi connectivity index (χ1) is 11.3. The Kier molecular flexibility index (Phi) is 5.24. The highest BCUT2D eigenvalue weighted by molar-refractivity contribution is 5.90. The van der Waals surface area contributed by atoms with Crippen LogP contribution in [-0.2, 0) is 11.0 Å². The number of amides is 1. The van der Waals surface area contributed by atoms with Crippen LogP contribution in [0.2, 0.25) is 0 Å². The van der Waals surface area contributed by atoms with E-state index in [2.05, 4.69) is 15.5 Å². The van der Waals surface area contributed by atoms with Gasteiger partial charge in [-0.3, -0.25) is 9.89 Å². The molecule has 0 aliphatic heterocycles. The monoisotopic (exact) mass is 336 g/mol. The Morgan fingerprint density at radius 2 is 2.12 bits per heavy atom. The molecule has 2 N–H and O–H groups in total. The Morgan fingerprint density at radius 3 is 2.79 bits per heavy atom. The molecule has 1 heterocycles. The number of nitriles is 1. The van der Waals surface area contributed by atoms with E-state index in [4.69, 9.17) is 5.26 Å². The third-order valence-corrected chi connectivity index (χ3v) is 3.39. The first kappa shape index (κ1) is 17.5. The maximum Gasteiger partial charge on any atom is 0.416 e. The number of anilines is 1. The van der Waals surface area contributed by atoms with Gasteiger partial charge in [0.25, 0.3) is 0 Å². The van der Waals surface area contributed by atoms with Gasteiger partial charge in [-0.15, -0.1) is 0 Å². The Labute approximate surface area is 136 Å². The molecular formula is C16H15F3N4O. The van der Waals surface area contributed by atoms with Crippen LogP contribution in [-0.4, -0.2) is 16.1 Å². The number of alkyl halides is 3. The van der Waals surface area contributed by atoms with Crippen LogP contribution in [0.3, 0.4) is 0 Å². The second-order valence-electron chi connectivity index (χ2n) is 5.25. The van der Waals surface area contributed by atoms with Crippen LogP contribution >= 0.6 is 0 Å². The zero-order chi connectivity index (χ0) is 17.7. The lowest BCUT2D eigenvalue weighted by atomic mass is 10.0. The van der Waals surface area contributed by atoms with Crippen molar-refractivity contribution < 1.29 is 18.0 Å². The van der Waals surface area contributed by atoms with E-state index in [-0.39, 0.29) is 24.6 Å². The van der Waals surface area contributed by atoms with Crippen molar-refractivity contribution in [1.29, 1.82) is 5.26 Å². The van der Waals surface area contributed by atoms with Crippen LogP contribution < -0.4 is 5.32 Å². The Bertz CT molecular complexity index is 774. The van der Waals surface area contributed by atoms with Gasteiger partial charge in [-0.05, 0) is 31.0 Å². The van der Waals surface area contributed by atoms with Crippen LogP contribution in [0, 0.1) is 18.3 Å². The normalized spacial score (nSPS) is 11.1. The van der Waals surface area contributed by atoms with E-state index in [1.165, 1.54) is 12.1 Å². The third-order valence-electron chi connectivity index (χ3n) is 3.39. The molecule has 2 rings (SSSR count). The van der Waals surface area contributed by atoms with E-state index >= 15 is 0 Å². The second kappa shape index (κ2) is 7.17. The summed E-state index contributed by atoms with van der Waals surface area (Å²) in [5.74, 6) is -0.0761. The molecule has 0 aliphatic rings. The fourth-order valence-corrected chi connectivity index (χ4v) is 2.15. The summed E-state index contributed by atoms with van der Waals surface area (Å²) in [7, 11) is 0. The lowest BCUT2D eigenvalue weighted by molar-refractivity contribution is -0.137. The standard InChI is InChI=1S/C16H15F3N4O/c1-10-5-6-11(16(17,18)19)8-12(10)13-9-14(23-22-13)21-15(24)4-2-3-7-20/h5-6,8-9H,2-4H2,1H3,(H2,21,22,23,24). The summed E-state index contributed by atoms with van der Waals surface area (Å²) in [5, 5.41) is 17.5. The van der Waals surface area contributed by atoms with Gasteiger partial charge in [0.05, 0.1) is 17.3 Å². The highest BCUT2D eigenvalue weighted by atomic mass is 19.4. The number of unbranched alkanes of at least 4 members (excludes halogenated alkanes) is 1. The molecule has 0 radical (unpaired) electrons. The van der Waals surface area contributed by atoms with Crippen LogP contribution in [0.5, 0.6) is 0 Å². The van der Waals surface area contributed by atoms with Crippen molar-refractivity contribution in [2.75, 3.05) is 5.32 Å². The number of benzene rings is 1. The third kappa shape index (κ3) is 4.35. The number of aromatic amines is 1. The first-order valence-electron chi connectivity index (χ1n) is 7.21. The molecule has 5 nitrogen and oxygen atoms in total. The van der Waals surface area contributed by atoms with Gasteiger partial charge in [0.15, 0.2) is 5.82 Å². The maximum absolute atomic E-state index is 12.8. The van der Waals surface area contributed by atoms with Crippen molar-refractivity contribution in [3.63, 3.8) is 0 Å². The lowest BCUT2D eigenvalue weighted by Gasteiger charge is -2.10. The fourth-order valence-electron chi connectivity index (χ4n) is 2.15. The minimum Gasteiger partial charge on any atom is -0.309 e. The number of carbonyl (C=O) groups excluding carboxylic acids is 1. The predicted octanol–water partition coefficient (Wildman–Crippen LogP) is 4.04. The molecule has 0 atom stereocenters. The van der Waals surface area contributed by atoms with Gasteiger partial charge < -0.3 is 5.32 Å². The van der Waals surface area contributed by atoms with Gasteiger partial charge in [-0.25, -0.2) is 0 Å². The Morgan fingerprint density at radius 1 is 1.38 bits per heavy atom. The number of nitrogens with zero attached hydrogens (tertiary/aromatic N) is 2. The molecule has 0 bridgehead atoms. The van der Waals surface area contributed by atoms with Crippen molar-refractivity contribution in [3.8, 4) is 17.3 Å². The van der Waals surface area contributed by atoms with Gasteiger partial charge >= 0.3 is 6.18 Å². The molecule has 0 aliphatic carbocycles. The quantitative estimate of drug-likeness (QED) is 0.809. The highest BCUT2D eigenvalue weighted by Crippen LogP contribution is 2.33. The van der Waals surface area contributed by atoms with Gasteiger partial charge in [-0.2, -0.15) is 23.5 Å². The van der Waals surface area contributed by atoms with Crippen LogP contribution in [0.4, 0.5) is 19.0 Å². The molecule has 1 amide bonds. The summed E-state index contributed by atoms with van der Waals surface area (Å²) in [5.41, 5.74) is 0.645. The molecule has 0 spiro atoms. The first-order valence-corrected chi connectivity index (χ1v) is 7.21. The molecule has 126 valence electrons. The van der Waals surface area contributed by atoms with Crippen LogP contribution in [0.15, 0.2) is 24.3 Å². The Balaban J connectivity index is 2.16. The molecule has 1 aromatic heterocycles. The fraction of sp³-hybridized carbons (Fsp3) is 0.312. The van der Waals surface area contributed by atoms with Crippen molar-refractivity contribution in [1.82, 2.24) is 10.2 Å². The number of aryl methyl sites for hydroxylation is 1. The molecular weight excluding hydrogens is 321 g/mol. The topological polar surface area (TPSA) is 81.6 Å². The minimum atomic E-state index is -4.43. The average molecular weight is 336 g/mol. The second-order valence-corrected chi connectivity index (χ2v) is 5.25. The molecule has 0 fully saturated rings. The zero-order valence-corrected chi connectivity index (χ0v) is 12.9. The lowest BCUT2D eigenvalue weighted by Crippen LogP contribution is -2.11. The van der Waals surface area contributed by atoms with E-state index in [9.17, 15) is 18.0 Å². The van der Waals surface area contributed by atoms with Gasteiger partial charge in [0.1, 0.15) is 0 Å². The molecule has 24 heavy (non-hydrogen) atoms. The number of H-pyrrole nitrogens is 1. The number of hydrogen-bond acceptors (Lipinski definition) is 3. The summed E-state index contributed by atoms with van der Waals surface area (Å²) in [6, 6.07) is 6.87. The highest BCUT2D eigenvalue weighted by Gasteiger charge is 2.31. The van der Waals surface area contributed by atoms with Crippen molar-refractivity contribution >= 4 is 11.7 Å². The van der Waals surface area contributed by atoms with E-state index in [0.29, 0.717) is 23.2 Å². The van der Waals surface area contributed by atoms with Crippen molar-refractivity contribution in [2.24, 2.45) is 0 Å².